The van der Waals surface area contributed by atoms with Crippen LogP contribution in [0.2, 0.25) is 0 Å². The third kappa shape index (κ3) is 5.30. The molecule has 0 aromatic heterocycles. The molecule has 0 rings (SSSR count). The first-order valence-electron chi connectivity index (χ1n) is 5.83. The lowest BCUT2D eigenvalue weighted by Crippen LogP contribution is -2.42. The van der Waals surface area contributed by atoms with Crippen LogP contribution in [0.1, 0.15) is 66.2 Å². The summed E-state index contributed by atoms with van der Waals surface area (Å²) in [5.74, 6) is 0.666. The average molecular weight is 185 g/mol. The van der Waals surface area contributed by atoms with E-state index in [0.717, 1.165) is 0 Å². The summed E-state index contributed by atoms with van der Waals surface area (Å²) in [4.78, 5) is 0. The van der Waals surface area contributed by atoms with Crippen LogP contribution in [0.4, 0.5) is 0 Å². The highest BCUT2D eigenvalue weighted by molar-refractivity contribution is 4.83. The van der Waals surface area contributed by atoms with E-state index in [0.29, 0.717) is 5.92 Å². The molecule has 13 heavy (non-hydrogen) atoms. The molecule has 0 amide bonds. The zero-order chi connectivity index (χ0) is 10.3. The van der Waals surface area contributed by atoms with Crippen molar-refractivity contribution in [3.63, 3.8) is 0 Å². The summed E-state index contributed by atoms with van der Waals surface area (Å²) < 4.78 is 0. The maximum atomic E-state index is 6.29. The molecule has 0 aromatic rings. The molecule has 2 N–H and O–H groups in total. The second kappa shape index (κ2) is 6.42. The topological polar surface area (TPSA) is 26.0 Å². The van der Waals surface area contributed by atoms with Crippen LogP contribution in [-0.2, 0) is 0 Å². The highest BCUT2D eigenvalue weighted by Gasteiger charge is 2.24. The van der Waals surface area contributed by atoms with Gasteiger partial charge in [-0.15, -0.1) is 0 Å². The summed E-state index contributed by atoms with van der Waals surface area (Å²) in [6.45, 7) is 8.98. The van der Waals surface area contributed by atoms with Crippen LogP contribution in [0.5, 0.6) is 0 Å². The van der Waals surface area contributed by atoms with Crippen molar-refractivity contribution >= 4 is 0 Å². The first-order valence-corrected chi connectivity index (χ1v) is 5.83. The van der Waals surface area contributed by atoms with Gasteiger partial charge in [0.1, 0.15) is 0 Å². The summed E-state index contributed by atoms with van der Waals surface area (Å²) in [5, 5.41) is 0. The van der Waals surface area contributed by atoms with Gasteiger partial charge in [-0.3, -0.25) is 0 Å². The van der Waals surface area contributed by atoms with Crippen molar-refractivity contribution in [3.8, 4) is 0 Å². The zero-order valence-corrected chi connectivity index (χ0v) is 9.90. The Balaban J connectivity index is 3.80. The van der Waals surface area contributed by atoms with E-state index in [1.807, 2.05) is 0 Å². The van der Waals surface area contributed by atoms with E-state index >= 15 is 0 Å². The number of unbranched alkanes of at least 4 members (excludes halogenated alkanes) is 2. The summed E-state index contributed by atoms with van der Waals surface area (Å²) in [7, 11) is 0. The molecule has 0 aliphatic carbocycles. The predicted octanol–water partition coefficient (Wildman–Crippen LogP) is 3.72. The Morgan fingerprint density at radius 3 is 2.15 bits per heavy atom. The highest BCUT2D eigenvalue weighted by atomic mass is 14.7. The minimum Gasteiger partial charge on any atom is -0.325 e. The molecule has 0 aromatic carbocycles. The number of nitrogens with two attached hydrogens (primary N) is 1. The number of hydrogen-bond acceptors (Lipinski definition) is 1. The largest absolute Gasteiger partial charge is 0.325 e. The third-order valence-corrected chi connectivity index (χ3v) is 3.19. The highest BCUT2D eigenvalue weighted by Crippen LogP contribution is 2.24. The number of hydrogen-bond donors (Lipinski definition) is 1. The molecule has 0 aliphatic heterocycles. The molecule has 0 radical (unpaired) electrons. The molecule has 80 valence electrons. The van der Waals surface area contributed by atoms with Gasteiger partial charge in [0.05, 0.1) is 0 Å². The Kier molecular flexibility index (Phi) is 6.40. The van der Waals surface area contributed by atoms with E-state index < -0.39 is 0 Å². The average Bonchev–Trinajstić information content (AvgIpc) is 2.10. The first-order chi connectivity index (χ1) is 6.04. The summed E-state index contributed by atoms with van der Waals surface area (Å²) in [5.41, 5.74) is 6.35. The lowest BCUT2D eigenvalue weighted by atomic mass is 9.81. The molecule has 0 saturated carbocycles. The van der Waals surface area contributed by atoms with Crippen molar-refractivity contribution in [2.75, 3.05) is 0 Å². The summed E-state index contributed by atoms with van der Waals surface area (Å²) >= 11 is 0. The minimum atomic E-state index is 0.0607. The van der Waals surface area contributed by atoms with E-state index in [2.05, 4.69) is 27.7 Å². The van der Waals surface area contributed by atoms with Crippen molar-refractivity contribution in [2.45, 2.75) is 71.8 Å². The van der Waals surface area contributed by atoms with Crippen molar-refractivity contribution in [3.05, 3.63) is 0 Å². The van der Waals surface area contributed by atoms with Crippen LogP contribution >= 0.6 is 0 Å². The quantitative estimate of drug-likeness (QED) is 0.642. The van der Waals surface area contributed by atoms with Gasteiger partial charge in [0.2, 0.25) is 0 Å². The molecule has 0 saturated heterocycles. The Morgan fingerprint density at radius 1 is 1.15 bits per heavy atom. The van der Waals surface area contributed by atoms with Gasteiger partial charge >= 0.3 is 0 Å². The van der Waals surface area contributed by atoms with Crippen LogP contribution in [0.25, 0.3) is 0 Å². The molecule has 0 spiro atoms. The van der Waals surface area contributed by atoms with E-state index in [-0.39, 0.29) is 5.54 Å². The molecular formula is C12H27N. The Morgan fingerprint density at radius 2 is 1.69 bits per heavy atom. The van der Waals surface area contributed by atoms with Gasteiger partial charge in [0, 0.05) is 5.54 Å². The molecule has 0 bridgehead atoms. The van der Waals surface area contributed by atoms with Gasteiger partial charge in [-0.25, -0.2) is 0 Å². The Bertz CT molecular complexity index is 118. The minimum absolute atomic E-state index is 0.0607. The fraction of sp³-hybridized carbons (Fsp3) is 1.00. The molecule has 0 fully saturated rings. The van der Waals surface area contributed by atoms with Gasteiger partial charge in [0.25, 0.3) is 0 Å². The van der Waals surface area contributed by atoms with Crippen molar-refractivity contribution < 1.29 is 0 Å². The lowest BCUT2D eigenvalue weighted by molar-refractivity contribution is 0.269. The van der Waals surface area contributed by atoms with Crippen LogP contribution in [-0.4, -0.2) is 5.54 Å². The standard InChI is InChI=1S/C12H27N/c1-5-7-9-11(3)12(4,13)10-8-6-2/h11H,5-10,13H2,1-4H3. The van der Waals surface area contributed by atoms with Crippen LogP contribution in [0.15, 0.2) is 0 Å². The monoisotopic (exact) mass is 185 g/mol. The van der Waals surface area contributed by atoms with Gasteiger partial charge < -0.3 is 5.73 Å². The van der Waals surface area contributed by atoms with Crippen molar-refractivity contribution in [2.24, 2.45) is 11.7 Å². The van der Waals surface area contributed by atoms with Crippen LogP contribution in [0.3, 0.4) is 0 Å². The number of rotatable bonds is 7. The summed E-state index contributed by atoms with van der Waals surface area (Å²) in [6.07, 6.45) is 7.59. The Hall–Kier alpha value is -0.0400. The fourth-order valence-corrected chi connectivity index (χ4v) is 1.64. The molecular weight excluding hydrogens is 158 g/mol. The molecule has 2 atom stereocenters. The first kappa shape index (κ1) is 13.0. The van der Waals surface area contributed by atoms with E-state index in [1.165, 1.54) is 38.5 Å². The van der Waals surface area contributed by atoms with Crippen molar-refractivity contribution in [1.29, 1.82) is 0 Å². The molecule has 0 heterocycles. The summed E-state index contributed by atoms with van der Waals surface area (Å²) in [6, 6.07) is 0. The molecule has 2 unspecified atom stereocenters. The van der Waals surface area contributed by atoms with Gasteiger partial charge in [0.15, 0.2) is 0 Å². The molecule has 1 heteroatoms. The van der Waals surface area contributed by atoms with Crippen molar-refractivity contribution in [1.82, 2.24) is 0 Å². The van der Waals surface area contributed by atoms with E-state index in [4.69, 9.17) is 5.73 Å². The van der Waals surface area contributed by atoms with Gasteiger partial charge in [-0.2, -0.15) is 0 Å². The predicted molar refractivity (Wildman–Crippen MR) is 60.8 cm³/mol. The third-order valence-electron chi connectivity index (χ3n) is 3.19. The zero-order valence-electron chi connectivity index (χ0n) is 9.90. The van der Waals surface area contributed by atoms with Crippen LogP contribution in [0, 0.1) is 5.92 Å². The molecule has 0 aliphatic rings. The maximum absolute atomic E-state index is 6.29. The van der Waals surface area contributed by atoms with E-state index in [9.17, 15) is 0 Å². The molecule has 1 nitrogen and oxygen atoms in total. The smallest absolute Gasteiger partial charge is 0.0151 e. The van der Waals surface area contributed by atoms with Crippen LogP contribution < -0.4 is 5.73 Å². The second-order valence-corrected chi connectivity index (χ2v) is 4.65. The SMILES string of the molecule is CCCCC(C)C(C)(N)CCCC. The fourth-order valence-electron chi connectivity index (χ4n) is 1.64. The normalized spacial score (nSPS) is 18.2. The van der Waals surface area contributed by atoms with Gasteiger partial charge in [-0.05, 0) is 25.7 Å². The van der Waals surface area contributed by atoms with E-state index in [1.54, 1.807) is 0 Å². The second-order valence-electron chi connectivity index (χ2n) is 4.65. The Labute approximate surface area is 84.1 Å². The van der Waals surface area contributed by atoms with Gasteiger partial charge in [-0.1, -0.05) is 46.5 Å². The maximum Gasteiger partial charge on any atom is 0.0151 e. The lowest BCUT2D eigenvalue weighted by Gasteiger charge is -2.31.